The van der Waals surface area contributed by atoms with Crippen molar-refractivity contribution in [1.29, 1.82) is 0 Å². The van der Waals surface area contributed by atoms with E-state index < -0.39 is 0 Å². The lowest BCUT2D eigenvalue weighted by atomic mass is 10.2. The molecule has 1 amide bonds. The molecule has 0 aromatic heterocycles. The molecule has 1 heterocycles. The van der Waals surface area contributed by atoms with Crippen molar-refractivity contribution < 1.29 is 4.79 Å². The van der Waals surface area contributed by atoms with E-state index in [4.69, 9.17) is 11.6 Å². The van der Waals surface area contributed by atoms with Crippen LogP contribution in [0.5, 0.6) is 0 Å². The Bertz CT molecular complexity index is 469. The van der Waals surface area contributed by atoms with Crippen molar-refractivity contribution in [1.82, 2.24) is 9.80 Å². The molecule has 1 aliphatic heterocycles. The summed E-state index contributed by atoms with van der Waals surface area (Å²) >= 11 is 10.4. The standard InChI is InChI=1S/C12H13ClI2N2O/c1-16-4-5-17(11(15)7-16)12(18)9-3-2-8(13)6-10(9)14/h2-3,6,11H,4-5,7H2,1H3. The molecular weight excluding hydrogens is 477 g/mol. The number of benzene rings is 1. The number of hydrogen-bond donors (Lipinski definition) is 0. The monoisotopic (exact) mass is 490 g/mol. The van der Waals surface area contributed by atoms with Gasteiger partial charge in [-0.1, -0.05) is 34.2 Å². The number of nitrogens with zero attached hydrogens (tertiary/aromatic N) is 2. The van der Waals surface area contributed by atoms with Crippen LogP contribution in [-0.4, -0.2) is 46.4 Å². The van der Waals surface area contributed by atoms with Crippen LogP contribution in [0.15, 0.2) is 18.2 Å². The molecule has 98 valence electrons. The number of likely N-dealkylation sites (N-methyl/N-ethyl adjacent to an activating group) is 1. The molecule has 0 spiro atoms. The largest absolute Gasteiger partial charge is 0.324 e. The summed E-state index contributed by atoms with van der Waals surface area (Å²) < 4.78 is 1.13. The lowest BCUT2D eigenvalue weighted by molar-refractivity contribution is 0.0642. The number of piperazine rings is 1. The molecule has 1 aliphatic rings. The van der Waals surface area contributed by atoms with E-state index in [1.807, 2.05) is 17.0 Å². The molecule has 1 saturated heterocycles. The van der Waals surface area contributed by atoms with Gasteiger partial charge in [-0.3, -0.25) is 4.79 Å². The summed E-state index contributed by atoms with van der Waals surface area (Å²) in [4.78, 5) is 16.7. The zero-order valence-corrected chi connectivity index (χ0v) is 14.9. The van der Waals surface area contributed by atoms with Crippen LogP contribution in [0.3, 0.4) is 0 Å². The first kappa shape index (κ1) is 14.8. The summed E-state index contributed by atoms with van der Waals surface area (Å²) in [7, 11) is 2.08. The Morgan fingerprint density at radius 1 is 1.44 bits per heavy atom. The predicted molar refractivity (Wildman–Crippen MR) is 90.5 cm³/mol. The Hall–Kier alpha value is 0.400. The van der Waals surface area contributed by atoms with Crippen LogP contribution in [0.1, 0.15) is 10.4 Å². The molecule has 0 N–H and O–H groups in total. The van der Waals surface area contributed by atoms with Gasteiger partial charge in [0.1, 0.15) is 0 Å². The summed E-state index contributed by atoms with van der Waals surface area (Å²) in [5.74, 6) is 0.101. The van der Waals surface area contributed by atoms with Crippen molar-refractivity contribution in [3.63, 3.8) is 0 Å². The zero-order valence-electron chi connectivity index (χ0n) is 9.87. The summed E-state index contributed by atoms with van der Waals surface area (Å²) in [6.45, 7) is 2.62. The molecule has 18 heavy (non-hydrogen) atoms. The van der Waals surface area contributed by atoms with E-state index in [-0.39, 0.29) is 9.96 Å². The highest BCUT2D eigenvalue weighted by Gasteiger charge is 2.28. The topological polar surface area (TPSA) is 23.6 Å². The van der Waals surface area contributed by atoms with Crippen molar-refractivity contribution in [3.05, 3.63) is 32.4 Å². The van der Waals surface area contributed by atoms with Gasteiger partial charge in [0.15, 0.2) is 0 Å². The second-order valence-electron chi connectivity index (χ2n) is 4.32. The van der Waals surface area contributed by atoms with Gasteiger partial charge in [0.05, 0.1) is 9.61 Å². The fourth-order valence-electron chi connectivity index (χ4n) is 1.91. The lowest BCUT2D eigenvalue weighted by Crippen LogP contribution is -2.51. The van der Waals surface area contributed by atoms with E-state index >= 15 is 0 Å². The fraction of sp³-hybridized carbons (Fsp3) is 0.417. The van der Waals surface area contributed by atoms with E-state index in [2.05, 4.69) is 57.1 Å². The SMILES string of the molecule is CN1CCN(C(=O)c2ccc(Cl)cc2I)C(I)C1. The normalized spacial score (nSPS) is 21.1. The van der Waals surface area contributed by atoms with Crippen LogP contribution in [0.4, 0.5) is 0 Å². The van der Waals surface area contributed by atoms with Gasteiger partial charge in [-0.15, -0.1) is 0 Å². The molecule has 1 aromatic rings. The van der Waals surface area contributed by atoms with Crippen molar-refractivity contribution in [2.24, 2.45) is 0 Å². The number of hydrogen-bond acceptors (Lipinski definition) is 2. The van der Waals surface area contributed by atoms with E-state index in [9.17, 15) is 4.79 Å². The molecule has 0 bridgehead atoms. The van der Waals surface area contributed by atoms with Gasteiger partial charge in [-0.2, -0.15) is 0 Å². The number of halogens is 3. The Morgan fingerprint density at radius 2 is 2.17 bits per heavy atom. The highest BCUT2D eigenvalue weighted by Crippen LogP contribution is 2.23. The third-order valence-electron chi connectivity index (χ3n) is 2.95. The minimum absolute atomic E-state index is 0.101. The highest BCUT2D eigenvalue weighted by molar-refractivity contribution is 14.1. The minimum Gasteiger partial charge on any atom is -0.324 e. The van der Waals surface area contributed by atoms with Gasteiger partial charge in [-0.05, 0) is 47.8 Å². The first-order chi connectivity index (χ1) is 8.49. The lowest BCUT2D eigenvalue weighted by Gasteiger charge is -2.37. The molecule has 1 fully saturated rings. The van der Waals surface area contributed by atoms with Gasteiger partial charge < -0.3 is 9.80 Å². The van der Waals surface area contributed by atoms with Crippen LogP contribution in [0, 0.1) is 3.57 Å². The number of carbonyl (C=O) groups excluding carboxylic acids is 1. The van der Waals surface area contributed by atoms with Gasteiger partial charge in [0.25, 0.3) is 5.91 Å². The molecule has 0 aliphatic carbocycles. The maximum Gasteiger partial charge on any atom is 0.255 e. The second-order valence-corrected chi connectivity index (χ2v) is 7.36. The quantitative estimate of drug-likeness (QED) is 0.343. The maximum absolute atomic E-state index is 12.5. The summed E-state index contributed by atoms with van der Waals surface area (Å²) in [6, 6.07) is 5.41. The summed E-state index contributed by atoms with van der Waals surface area (Å²) in [5, 5.41) is 0.667. The van der Waals surface area contributed by atoms with E-state index in [0.717, 1.165) is 28.8 Å². The summed E-state index contributed by atoms with van der Waals surface area (Å²) in [5.41, 5.74) is 0.742. The Labute approximate surface area is 139 Å². The Morgan fingerprint density at radius 3 is 2.78 bits per heavy atom. The smallest absolute Gasteiger partial charge is 0.255 e. The van der Waals surface area contributed by atoms with Gasteiger partial charge in [0.2, 0.25) is 0 Å². The number of amides is 1. The van der Waals surface area contributed by atoms with Gasteiger partial charge >= 0.3 is 0 Å². The third-order valence-corrected chi connectivity index (χ3v) is 5.14. The van der Waals surface area contributed by atoms with Crippen LogP contribution in [0.2, 0.25) is 5.02 Å². The van der Waals surface area contributed by atoms with Crippen LogP contribution < -0.4 is 0 Å². The molecule has 0 saturated carbocycles. The molecule has 1 aromatic carbocycles. The van der Waals surface area contributed by atoms with E-state index in [1.54, 1.807) is 6.07 Å². The third kappa shape index (κ3) is 3.29. The van der Waals surface area contributed by atoms with Crippen molar-refractivity contribution >= 4 is 62.7 Å². The zero-order chi connectivity index (χ0) is 13.3. The van der Waals surface area contributed by atoms with Crippen molar-refractivity contribution in [3.8, 4) is 0 Å². The number of rotatable bonds is 1. The average molecular weight is 491 g/mol. The maximum atomic E-state index is 12.5. The van der Waals surface area contributed by atoms with E-state index in [0.29, 0.717) is 5.02 Å². The molecule has 1 atom stereocenters. The Kier molecular flexibility index (Phi) is 5.13. The fourth-order valence-corrected chi connectivity index (χ4v) is 4.22. The molecule has 3 nitrogen and oxygen atoms in total. The van der Waals surface area contributed by atoms with Crippen molar-refractivity contribution in [2.75, 3.05) is 26.7 Å². The van der Waals surface area contributed by atoms with Crippen LogP contribution >= 0.6 is 56.8 Å². The van der Waals surface area contributed by atoms with E-state index in [1.165, 1.54) is 0 Å². The number of carbonyl (C=O) groups is 1. The van der Waals surface area contributed by atoms with Gasteiger partial charge in [0, 0.05) is 28.2 Å². The summed E-state index contributed by atoms with van der Waals surface area (Å²) in [6.07, 6.45) is 0. The highest BCUT2D eigenvalue weighted by atomic mass is 127. The van der Waals surface area contributed by atoms with Gasteiger partial charge in [-0.25, -0.2) is 0 Å². The molecule has 0 radical (unpaired) electrons. The molecule has 2 rings (SSSR count). The van der Waals surface area contributed by atoms with Crippen LogP contribution in [-0.2, 0) is 0 Å². The molecule has 6 heteroatoms. The van der Waals surface area contributed by atoms with Crippen LogP contribution in [0.25, 0.3) is 0 Å². The minimum atomic E-state index is 0.101. The Balaban J connectivity index is 2.20. The predicted octanol–water partition coefficient (Wildman–Crippen LogP) is 3.09. The van der Waals surface area contributed by atoms with Crippen molar-refractivity contribution in [2.45, 2.75) is 4.05 Å². The molecule has 1 unspecified atom stereocenters. The molecular formula is C12H13ClI2N2O. The average Bonchev–Trinajstić information content (AvgIpc) is 2.28. The second kappa shape index (κ2) is 6.23. The first-order valence-corrected chi connectivity index (χ1v) is 8.28. The first-order valence-electron chi connectivity index (χ1n) is 5.57. The number of alkyl halides is 1.